The van der Waals surface area contributed by atoms with Crippen molar-refractivity contribution >= 4 is 58.4 Å². The summed E-state index contributed by atoms with van der Waals surface area (Å²) in [5.74, 6) is 0.655. The van der Waals surface area contributed by atoms with E-state index >= 15 is 0 Å². The molecule has 0 aromatic heterocycles. The maximum atomic E-state index is 13.0. The molecule has 2 aromatic rings. The van der Waals surface area contributed by atoms with E-state index in [4.69, 9.17) is 34.8 Å². The second-order valence-electron chi connectivity index (χ2n) is 6.86. The predicted octanol–water partition coefficient (Wildman–Crippen LogP) is 5.82. The van der Waals surface area contributed by atoms with Crippen LogP contribution in [0.5, 0.6) is 0 Å². The molecule has 2 aromatic carbocycles. The number of nitrogens with zero attached hydrogens (tertiary/aromatic N) is 1. The van der Waals surface area contributed by atoms with Crippen LogP contribution in [0.2, 0.25) is 15.1 Å². The second-order valence-corrected chi connectivity index (χ2v) is 9.09. The van der Waals surface area contributed by atoms with Gasteiger partial charge in [0.15, 0.2) is 0 Å². The largest absolute Gasteiger partial charge is 0.354 e. The van der Waals surface area contributed by atoms with E-state index in [9.17, 15) is 9.59 Å². The number of halogens is 3. The fraction of sp³-hybridized carbons (Fsp3) is 0.364. The second kappa shape index (κ2) is 12.5. The molecule has 0 radical (unpaired) electrons. The van der Waals surface area contributed by atoms with Crippen molar-refractivity contribution in [3.8, 4) is 0 Å². The molecule has 0 aliphatic rings. The van der Waals surface area contributed by atoms with E-state index in [1.807, 2.05) is 37.3 Å². The summed E-state index contributed by atoms with van der Waals surface area (Å²) in [4.78, 5) is 27.1. The number of carbonyl (C=O) groups is 2. The number of carbonyl (C=O) groups excluding carboxylic acids is 2. The highest BCUT2D eigenvalue weighted by atomic mass is 35.5. The smallest absolute Gasteiger partial charge is 0.242 e. The minimum Gasteiger partial charge on any atom is -0.354 e. The molecular formula is C22H25Cl3N2O2S. The molecule has 4 nitrogen and oxygen atoms in total. The molecule has 8 heteroatoms. The summed E-state index contributed by atoms with van der Waals surface area (Å²) in [6.45, 7) is 4.57. The summed E-state index contributed by atoms with van der Waals surface area (Å²) in [5.41, 5.74) is 1.90. The molecule has 2 rings (SSSR count). The van der Waals surface area contributed by atoms with E-state index in [0.29, 0.717) is 27.4 Å². The Hall–Kier alpha value is -1.40. The normalized spacial score (nSPS) is 11.8. The Kier molecular flexibility index (Phi) is 10.3. The zero-order valence-corrected chi connectivity index (χ0v) is 20.0. The molecule has 0 fully saturated rings. The van der Waals surface area contributed by atoms with Crippen LogP contribution in [-0.4, -0.2) is 35.1 Å². The van der Waals surface area contributed by atoms with Gasteiger partial charge in [0.2, 0.25) is 11.8 Å². The van der Waals surface area contributed by atoms with Crippen LogP contribution in [0.25, 0.3) is 0 Å². The minimum atomic E-state index is -0.602. The number of hydrogen-bond donors (Lipinski definition) is 1. The zero-order valence-electron chi connectivity index (χ0n) is 17.0. The molecule has 1 atom stereocenters. The first-order valence-electron chi connectivity index (χ1n) is 9.65. The lowest BCUT2D eigenvalue weighted by atomic mass is 10.1. The highest BCUT2D eigenvalue weighted by Crippen LogP contribution is 2.24. The van der Waals surface area contributed by atoms with Gasteiger partial charge in [0.05, 0.1) is 15.8 Å². The summed E-state index contributed by atoms with van der Waals surface area (Å²) >= 11 is 19.5. The van der Waals surface area contributed by atoms with Crippen molar-refractivity contribution in [3.05, 3.63) is 68.7 Å². The van der Waals surface area contributed by atoms with Gasteiger partial charge in [-0.3, -0.25) is 9.59 Å². The van der Waals surface area contributed by atoms with Crippen LogP contribution in [-0.2, 0) is 21.9 Å². The third-order valence-electron chi connectivity index (χ3n) is 4.46. The predicted molar refractivity (Wildman–Crippen MR) is 127 cm³/mol. The highest BCUT2D eigenvalue weighted by molar-refractivity contribution is 7.99. The monoisotopic (exact) mass is 486 g/mol. The van der Waals surface area contributed by atoms with E-state index in [0.717, 1.165) is 17.5 Å². The third kappa shape index (κ3) is 7.69. The van der Waals surface area contributed by atoms with E-state index in [-0.39, 0.29) is 24.1 Å². The van der Waals surface area contributed by atoms with Gasteiger partial charge in [-0.2, -0.15) is 0 Å². The lowest BCUT2D eigenvalue weighted by molar-refractivity contribution is -0.138. The van der Waals surface area contributed by atoms with Crippen molar-refractivity contribution in [2.24, 2.45) is 0 Å². The van der Waals surface area contributed by atoms with Crippen molar-refractivity contribution in [2.75, 3.05) is 12.3 Å². The van der Waals surface area contributed by atoms with Crippen LogP contribution in [0.3, 0.4) is 0 Å². The SMILES string of the molecule is CCCNC(=O)C(C)N(Cc1ccc(Cl)c(Cl)c1)C(=O)CSCc1ccc(Cl)cc1. The van der Waals surface area contributed by atoms with Crippen molar-refractivity contribution in [1.29, 1.82) is 0 Å². The first kappa shape index (κ1) is 24.9. The van der Waals surface area contributed by atoms with Crippen molar-refractivity contribution < 1.29 is 9.59 Å². The van der Waals surface area contributed by atoms with Gasteiger partial charge in [-0.05, 0) is 48.7 Å². The molecular weight excluding hydrogens is 463 g/mol. The number of thioether (sulfide) groups is 1. The van der Waals surface area contributed by atoms with Crippen molar-refractivity contribution in [1.82, 2.24) is 10.2 Å². The van der Waals surface area contributed by atoms with Gasteiger partial charge in [0.1, 0.15) is 6.04 Å². The van der Waals surface area contributed by atoms with Gasteiger partial charge in [0, 0.05) is 23.9 Å². The molecule has 0 aliphatic carbocycles. The van der Waals surface area contributed by atoms with E-state index in [1.54, 1.807) is 24.0 Å². The number of benzene rings is 2. The van der Waals surface area contributed by atoms with Crippen LogP contribution in [0.15, 0.2) is 42.5 Å². The Balaban J connectivity index is 2.07. The van der Waals surface area contributed by atoms with Gasteiger partial charge in [-0.15, -0.1) is 11.8 Å². The highest BCUT2D eigenvalue weighted by Gasteiger charge is 2.26. The van der Waals surface area contributed by atoms with Crippen molar-refractivity contribution in [2.45, 2.75) is 38.6 Å². The summed E-state index contributed by atoms with van der Waals surface area (Å²) < 4.78 is 0. The lowest BCUT2D eigenvalue weighted by Gasteiger charge is -2.29. The summed E-state index contributed by atoms with van der Waals surface area (Å²) in [6, 6.07) is 12.2. The molecule has 0 saturated carbocycles. The van der Waals surface area contributed by atoms with Gasteiger partial charge in [-0.25, -0.2) is 0 Å². The summed E-state index contributed by atoms with van der Waals surface area (Å²) in [7, 11) is 0. The fourth-order valence-electron chi connectivity index (χ4n) is 2.73. The number of rotatable bonds is 10. The van der Waals surface area contributed by atoms with E-state index in [2.05, 4.69) is 5.32 Å². The quantitative estimate of drug-likeness (QED) is 0.459. The van der Waals surface area contributed by atoms with Crippen molar-refractivity contribution in [3.63, 3.8) is 0 Å². The molecule has 30 heavy (non-hydrogen) atoms. The molecule has 1 N–H and O–H groups in total. The average Bonchev–Trinajstić information content (AvgIpc) is 2.73. The Morgan fingerprint density at radius 2 is 1.70 bits per heavy atom. The van der Waals surface area contributed by atoms with Gasteiger partial charge < -0.3 is 10.2 Å². The van der Waals surface area contributed by atoms with Crippen LogP contribution < -0.4 is 5.32 Å². The van der Waals surface area contributed by atoms with Crippen LogP contribution in [0, 0.1) is 0 Å². The molecule has 0 bridgehead atoms. The molecule has 1 unspecified atom stereocenters. The van der Waals surface area contributed by atoms with Gasteiger partial charge in [0.25, 0.3) is 0 Å². The van der Waals surface area contributed by atoms with Gasteiger partial charge in [-0.1, -0.05) is 59.9 Å². The third-order valence-corrected chi connectivity index (χ3v) is 6.44. The number of nitrogens with one attached hydrogen (secondary N) is 1. The summed E-state index contributed by atoms with van der Waals surface area (Å²) in [6.07, 6.45) is 0.830. The van der Waals surface area contributed by atoms with Gasteiger partial charge >= 0.3 is 0 Å². The minimum absolute atomic E-state index is 0.112. The summed E-state index contributed by atoms with van der Waals surface area (Å²) in [5, 5.41) is 4.41. The first-order chi connectivity index (χ1) is 14.3. The molecule has 0 heterocycles. The maximum absolute atomic E-state index is 13.0. The van der Waals surface area contributed by atoms with E-state index < -0.39 is 6.04 Å². The Morgan fingerprint density at radius 3 is 2.33 bits per heavy atom. The molecule has 2 amide bonds. The maximum Gasteiger partial charge on any atom is 0.242 e. The lowest BCUT2D eigenvalue weighted by Crippen LogP contribution is -2.48. The Bertz CT molecular complexity index is 862. The molecule has 0 saturated heterocycles. The topological polar surface area (TPSA) is 49.4 Å². The fourth-order valence-corrected chi connectivity index (χ4v) is 4.05. The number of amides is 2. The first-order valence-corrected chi connectivity index (χ1v) is 11.9. The van der Waals surface area contributed by atoms with Crippen LogP contribution in [0.4, 0.5) is 0 Å². The molecule has 0 aliphatic heterocycles. The number of hydrogen-bond acceptors (Lipinski definition) is 3. The van der Waals surface area contributed by atoms with Crippen LogP contribution >= 0.6 is 46.6 Å². The average molecular weight is 488 g/mol. The molecule has 0 spiro atoms. The Labute approximate surface area is 197 Å². The standard InChI is InChI=1S/C22H25Cl3N2O2S/c1-3-10-26-22(29)15(2)27(12-17-6-9-19(24)20(25)11-17)21(28)14-30-13-16-4-7-18(23)8-5-16/h4-9,11,15H,3,10,12-14H2,1-2H3,(H,26,29). The molecule has 162 valence electrons. The van der Waals surface area contributed by atoms with Crippen LogP contribution in [0.1, 0.15) is 31.4 Å². The van der Waals surface area contributed by atoms with E-state index in [1.165, 1.54) is 11.8 Å². The Morgan fingerprint density at radius 1 is 1.03 bits per heavy atom. The zero-order chi connectivity index (χ0) is 22.1.